The summed E-state index contributed by atoms with van der Waals surface area (Å²) in [5.74, 6) is 1.47. The fourth-order valence-electron chi connectivity index (χ4n) is 0.847. The molecule has 4 nitrogen and oxygen atoms in total. The summed E-state index contributed by atoms with van der Waals surface area (Å²) in [7, 11) is 1.83. The predicted octanol–water partition coefficient (Wildman–Crippen LogP) is 1.32. The Morgan fingerprint density at radius 3 is 2.86 bits per heavy atom. The highest BCUT2D eigenvalue weighted by molar-refractivity contribution is 7.99. The number of anilines is 1. The van der Waals surface area contributed by atoms with Crippen molar-refractivity contribution in [2.75, 3.05) is 31.0 Å². The van der Waals surface area contributed by atoms with Gasteiger partial charge < -0.3 is 10.4 Å². The van der Waals surface area contributed by atoms with Crippen LogP contribution in [0.1, 0.15) is 0 Å². The Morgan fingerprint density at radius 1 is 1.50 bits per heavy atom. The van der Waals surface area contributed by atoms with Crippen LogP contribution >= 0.6 is 23.5 Å². The van der Waals surface area contributed by atoms with Crippen molar-refractivity contribution in [3.05, 3.63) is 6.07 Å². The molecular formula is C8H13N3OS2. The van der Waals surface area contributed by atoms with Crippen molar-refractivity contribution in [2.24, 2.45) is 0 Å². The standard InChI is InChI=1S/C8H13N3OS2/c1-9-6-5-7(14-4-3-12)11-8(10-6)13-2/h5,12H,3-4H2,1-2H3,(H,9,10,11). The van der Waals surface area contributed by atoms with E-state index in [0.29, 0.717) is 5.75 Å². The minimum Gasteiger partial charge on any atom is -0.396 e. The SMILES string of the molecule is CNc1cc(SCCO)nc(SC)n1. The van der Waals surface area contributed by atoms with E-state index in [1.54, 1.807) is 0 Å². The maximum atomic E-state index is 8.70. The number of hydrogen-bond acceptors (Lipinski definition) is 6. The first-order chi connectivity index (χ1) is 6.80. The first-order valence-electron chi connectivity index (χ1n) is 4.14. The lowest BCUT2D eigenvalue weighted by molar-refractivity contribution is 0.322. The highest BCUT2D eigenvalue weighted by Gasteiger charge is 2.02. The van der Waals surface area contributed by atoms with Gasteiger partial charge in [-0.25, -0.2) is 9.97 Å². The van der Waals surface area contributed by atoms with Crippen LogP contribution in [-0.2, 0) is 0 Å². The molecule has 0 saturated carbocycles. The number of hydrogen-bond donors (Lipinski definition) is 2. The van der Waals surface area contributed by atoms with Gasteiger partial charge in [0.05, 0.1) is 6.61 Å². The molecule has 0 spiro atoms. The van der Waals surface area contributed by atoms with Crippen molar-refractivity contribution in [1.29, 1.82) is 0 Å². The van der Waals surface area contributed by atoms with Gasteiger partial charge in [-0.15, -0.1) is 11.8 Å². The normalized spacial score (nSPS) is 10.2. The number of thioether (sulfide) groups is 2. The molecule has 0 fully saturated rings. The first-order valence-corrected chi connectivity index (χ1v) is 6.35. The fraction of sp³-hybridized carbons (Fsp3) is 0.500. The average Bonchev–Trinajstić information content (AvgIpc) is 2.25. The van der Waals surface area contributed by atoms with Crippen molar-refractivity contribution in [3.63, 3.8) is 0 Å². The summed E-state index contributed by atoms with van der Waals surface area (Å²) < 4.78 is 0. The fourth-order valence-corrected chi connectivity index (χ4v) is 1.93. The van der Waals surface area contributed by atoms with E-state index < -0.39 is 0 Å². The zero-order valence-corrected chi connectivity index (χ0v) is 9.78. The lowest BCUT2D eigenvalue weighted by Gasteiger charge is -2.04. The van der Waals surface area contributed by atoms with E-state index in [4.69, 9.17) is 5.11 Å². The maximum absolute atomic E-state index is 8.70. The molecule has 0 saturated heterocycles. The Labute approximate surface area is 91.9 Å². The van der Waals surface area contributed by atoms with Gasteiger partial charge in [0.25, 0.3) is 0 Å². The van der Waals surface area contributed by atoms with Crippen LogP contribution < -0.4 is 5.32 Å². The van der Waals surface area contributed by atoms with Gasteiger partial charge in [-0.3, -0.25) is 0 Å². The summed E-state index contributed by atoms with van der Waals surface area (Å²) >= 11 is 3.03. The molecule has 0 bridgehead atoms. The van der Waals surface area contributed by atoms with Crippen LogP contribution in [0.15, 0.2) is 16.2 Å². The molecule has 0 aliphatic rings. The Kier molecular flexibility index (Phi) is 5.06. The lowest BCUT2D eigenvalue weighted by atomic mass is 10.6. The van der Waals surface area contributed by atoms with Crippen LogP contribution in [0.3, 0.4) is 0 Å². The van der Waals surface area contributed by atoms with E-state index in [1.165, 1.54) is 23.5 Å². The van der Waals surface area contributed by atoms with E-state index in [9.17, 15) is 0 Å². The molecule has 0 radical (unpaired) electrons. The Morgan fingerprint density at radius 2 is 2.29 bits per heavy atom. The van der Waals surface area contributed by atoms with E-state index in [-0.39, 0.29) is 6.61 Å². The Bertz CT molecular complexity index is 274. The Hall–Kier alpha value is -0.460. The van der Waals surface area contributed by atoms with Gasteiger partial charge in [0, 0.05) is 18.9 Å². The number of aliphatic hydroxyl groups is 1. The molecular weight excluding hydrogens is 218 g/mol. The van der Waals surface area contributed by atoms with Crippen molar-refractivity contribution in [3.8, 4) is 0 Å². The predicted molar refractivity (Wildman–Crippen MR) is 61.2 cm³/mol. The van der Waals surface area contributed by atoms with Gasteiger partial charge in [0.15, 0.2) is 5.16 Å². The van der Waals surface area contributed by atoms with Crippen LogP contribution in [0, 0.1) is 0 Å². The minimum atomic E-state index is 0.165. The van der Waals surface area contributed by atoms with Gasteiger partial charge >= 0.3 is 0 Å². The molecule has 0 aliphatic heterocycles. The third kappa shape index (κ3) is 3.36. The van der Waals surface area contributed by atoms with Crippen molar-refractivity contribution in [2.45, 2.75) is 10.2 Å². The molecule has 0 aromatic carbocycles. The number of aromatic nitrogens is 2. The molecule has 78 valence electrons. The molecule has 1 aromatic heterocycles. The number of nitrogens with zero attached hydrogens (tertiary/aromatic N) is 2. The third-order valence-corrected chi connectivity index (χ3v) is 2.90. The van der Waals surface area contributed by atoms with Crippen molar-refractivity contribution < 1.29 is 5.11 Å². The molecule has 0 aliphatic carbocycles. The maximum Gasteiger partial charge on any atom is 0.190 e. The molecule has 0 amide bonds. The highest BCUT2D eigenvalue weighted by Crippen LogP contribution is 2.21. The Balaban J connectivity index is 2.81. The van der Waals surface area contributed by atoms with E-state index in [2.05, 4.69) is 15.3 Å². The molecule has 14 heavy (non-hydrogen) atoms. The summed E-state index contributed by atoms with van der Waals surface area (Å²) in [6, 6.07) is 1.88. The average molecular weight is 231 g/mol. The molecule has 0 atom stereocenters. The van der Waals surface area contributed by atoms with E-state index in [0.717, 1.165) is 16.0 Å². The number of rotatable bonds is 5. The van der Waals surface area contributed by atoms with E-state index >= 15 is 0 Å². The van der Waals surface area contributed by atoms with Crippen molar-refractivity contribution in [1.82, 2.24) is 9.97 Å². The highest BCUT2D eigenvalue weighted by atomic mass is 32.2. The summed E-state index contributed by atoms with van der Waals surface area (Å²) in [4.78, 5) is 8.54. The van der Waals surface area contributed by atoms with Crippen LogP contribution in [0.2, 0.25) is 0 Å². The number of aliphatic hydroxyl groups excluding tert-OH is 1. The summed E-state index contributed by atoms with van der Waals surface area (Å²) in [5.41, 5.74) is 0. The number of nitrogens with one attached hydrogen (secondary N) is 1. The second-order valence-electron chi connectivity index (χ2n) is 2.40. The molecule has 1 aromatic rings. The zero-order valence-electron chi connectivity index (χ0n) is 8.15. The minimum absolute atomic E-state index is 0.165. The molecule has 1 heterocycles. The molecule has 0 unspecified atom stereocenters. The van der Waals surface area contributed by atoms with Gasteiger partial charge in [0.1, 0.15) is 10.8 Å². The summed E-state index contributed by atoms with van der Waals surface area (Å²) in [6.45, 7) is 0.165. The smallest absolute Gasteiger partial charge is 0.190 e. The van der Waals surface area contributed by atoms with Gasteiger partial charge in [-0.05, 0) is 6.26 Å². The topological polar surface area (TPSA) is 58.0 Å². The van der Waals surface area contributed by atoms with Gasteiger partial charge in [0.2, 0.25) is 0 Å². The van der Waals surface area contributed by atoms with Gasteiger partial charge in [-0.1, -0.05) is 11.8 Å². The van der Waals surface area contributed by atoms with E-state index in [1.807, 2.05) is 19.4 Å². The lowest BCUT2D eigenvalue weighted by Crippen LogP contribution is -1.97. The summed E-state index contributed by atoms with van der Waals surface area (Å²) in [6.07, 6.45) is 1.94. The quantitative estimate of drug-likeness (QED) is 0.453. The second kappa shape index (κ2) is 6.10. The third-order valence-electron chi connectivity index (χ3n) is 1.46. The van der Waals surface area contributed by atoms with Crippen LogP contribution in [-0.4, -0.2) is 40.7 Å². The molecule has 2 N–H and O–H groups in total. The molecule has 6 heteroatoms. The molecule has 1 rings (SSSR count). The summed E-state index contributed by atoms with van der Waals surface area (Å²) in [5, 5.41) is 13.3. The van der Waals surface area contributed by atoms with Crippen molar-refractivity contribution >= 4 is 29.3 Å². The van der Waals surface area contributed by atoms with Crippen LogP contribution in [0.25, 0.3) is 0 Å². The van der Waals surface area contributed by atoms with Crippen LogP contribution in [0.4, 0.5) is 5.82 Å². The largest absolute Gasteiger partial charge is 0.396 e. The second-order valence-corrected chi connectivity index (χ2v) is 4.29. The first kappa shape index (κ1) is 11.6. The van der Waals surface area contributed by atoms with Gasteiger partial charge in [-0.2, -0.15) is 0 Å². The van der Waals surface area contributed by atoms with Crippen LogP contribution in [0.5, 0.6) is 0 Å². The monoisotopic (exact) mass is 231 g/mol. The zero-order chi connectivity index (χ0) is 10.4.